The summed E-state index contributed by atoms with van der Waals surface area (Å²) in [5, 5.41) is 11.8. The van der Waals surface area contributed by atoms with Crippen molar-refractivity contribution in [1.82, 2.24) is 5.32 Å². The summed E-state index contributed by atoms with van der Waals surface area (Å²) < 4.78 is 5.14. The first-order chi connectivity index (χ1) is 8.17. The summed E-state index contributed by atoms with van der Waals surface area (Å²) in [6.45, 7) is 7.08. The lowest BCUT2D eigenvalue weighted by molar-refractivity contribution is -0.145. The standard InChI is InChI=1S/C12H21NO4S/c1-8-12(9(14)15,6-5-7-18-8)13-10(16)17-11(2,3)4/h8H,5-7H2,1-4H3,(H,13,16)(H,14,15). The Balaban J connectivity index is 2.80. The van der Waals surface area contributed by atoms with Gasteiger partial charge in [0.25, 0.3) is 0 Å². The van der Waals surface area contributed by atoms with E-state index in [-0.39, 0.29) is 5.25 Å². The molecule has 0 aromatic rings. The zero-order valence-electron chi connectivity index (χ0n) is 11.3. The van der Waals surface area contributed by atoms with Crippen LogP contribution < -0.4 is 5.32 Å². The average molecular weight is 275 g/mol. The molecule has 0 aromatic carbocycles. The highest BCUT2D eigenvalue weighted by atomic mass is 32.2. The summed E-state index contributed by atoms with van der Waals surface area (Å²) in [6, 6.07) is 0. The number of nitrogens with one attached hydrogen (secondary N) is 1. The minimum atomic E-state index is -1.22. The average Bonchev–Trinajstić information content (AvgIpc) is 2.18. The molecular formula is C12H21NO4S. The second-order valence-electron chi connectivity index (χ2n) is 5.52. The summed E-state index contributed by atoms with van der Waals surface area (Å²) in [6.07, 6.45) is 0.548. The van der Waals surface area contributed by atoms with E-state index >= 15 is 0 Å². The Morgan fingerprint density at radius 2 is 2.06 bits per heavy atom. The number of carboxylic acids is 1. The fourth-order valence-electron chi connectivity index (χ4n) is 1.94. The predicted molar refractivity (Wildman–Crippen MR) is 70.9 cm³/mol. The van der Waals surface area contributed by atoms with Gasteiger partial charge in [0.15, 0.2) is 5.54 Å². The van der Waals surface area contributed by atoms with Gasteiger partial charge < -0.3 is 15.2 Å². The van der Waals surface area contributed by atoms with Crippen LogP contribution in [0.2, 0.25) is 0 Å². The van der Waals surface area contributed by atoms with E-state index in [0.717, 1.165) is 12.2 Å². The second-order valence-corrected chi connectivity index (χ2v) is 6.97. The molecule has 0 aliphatic carbocycles. The molecule has 1 aliphatic rings. The van der Waals surface area contributed by atoms with Crippen LogP contribution >= 0.6 is 11.8 Å². The topological polar surface area (TPSA) is 75.6 Å². The molecule has 0 aromatic heterocycles. The van der Waals surface area contributed by atoms with Crippen molar-refractivity contribution in [2.75, 3.05) is 5.75 Å². The number of hydrogen-bond donors (Lipinski definition) is 2. The van der Waals surface area contributed by atoms with E-state index in [2.05, 4.69) is 5.32 Å². The molecule has 6 heteroatoms. The van der Waals surface area contributed by atoms with Gasteiger partial charge in [0.1, 0.15) is 5.60 Å². The van der Waals surface area contributed by atoms with E-state index in [1.54, 1.807) is 32.5 Å². The van der Waals surface area contributed by atoms with Crippen LogP contribution in [0, 0.1) is 0 Å². The number of thioether (sulfide) groups is 1. The van der Waals surface area contributed by atoms with Crippen molar-refractivity contribution in [1.29, 1.82) is 0 Å². The molecule has 2 N–H and O–H groups in total. The molecule has 0 spiro atoms. The van der Waals surface area contributed by atoms with E-state index in [1.165, 1.54) is 0 Å². The normalized spacial score (nSPS) is 28.6. The number of aliphatic carboxylic acids is 1. The van der Waals surface area contributed by atoms with Gasteiger partial charge >= 0.3 is 12.1 Å². The second kappa shape index (κ2) is 5.38. The molecule has 2 atom stereocenters. The maximum atomic E-state index is 11.8. The van der Waals surface area contributed by atoms with E-state index < -0.39 is 23.2 Å². The molecule has 1 amide bonds. The minimum absolute atomic E-state index is 0.170. The lowest BCUT2D eigenvalue weighted by Gasteiger charge is -2.39. The maximum absolute atomic E-state index is 11.8. The smallest absolute Gasteiger partial charge is 0.408 e. The molecule has 1 aliphatic heterocycles. The monoisotopic (exact) mass is 275 g/mol. The number of alkyl carbamates (subject to hydrolysis) is 1. The number of rotatable bonds is 2. The van der Waals surface area contributed by atoms with Gasteiger partial charge in [0, 0.05) is 5.25 Å². The van der Waals surface area contributed by atoms with Gasteiger partial charge in [-0.25, -0.2) is 9.59 Å². The van der Waals surface area contributed by atoms with Crippen LogP contribution in [0.15, 0.2) is 0 Å². The summed E-state index contributed by atoms with van der Waals surface area (Å²) in [4.78, 5) is 23.3. The predicted octanol–water partition coefficient (Wildman–Crippen LogP) is 2.25. The Kier molecular flexibility index (Phi) is 4.53. The van der Waals surface area contributed by atoms with Crippen LogP contribution in [0.4, 0.5) is 4.79 Å². The molecule has 0 radical (unpaired) electrons. The van der Waals surface area contributed by atoms with Gasteiger partial charge in [0.05, 0.1) is 0 Å². The van der Waals surface area contributed by atoms with Crippen molar-refractivity contribution >= 4 is 23.8 Å². The molecule has 18 heavy (non-hydrogen) atoms. The first kappa shape index (κ1) is 15.1. The molecule has 104 valence electrons. The van der Waals surface area contributed by atoms with Gasteiger partial charge in [0.2, 0.25) is 0 Å². The van der Waals surface area contributed by atoms with Gasteiger partial charge in [-0.15, -0.1) is 0 Å². The SMILES string of the molecule is CC1SCCCC1(NC(=O)OC(C)(C)C)C(=O)O. The largest absolute Gasteiger partial charge is 0.479 e. The molecule has 0 bridgehead atoms. The zero-order valence-corrected chi connectivity index (χ0v) is 12.1. The fraction of sp³-hybridized carbons (Fsp3) is 0.833. The van der Waals surface area contributed by atoms with Crippen LogP contribution in [-0.4, -0.2) is 39.3 Å². The van der Waals surface area contributed by atoms with Crippen LogP contribution in [-0.2, 0) is 9.53 Å². The molecule has 2 unspecified atom stereocenters. The van der Waals surface area contributed by atoms with E-state index in [9.17, 15) is 14.7 Å². The number of amides is 1. The molecule has 1 saturated heterocycles. The van der Waals surface area contributed by atoms with Crippen molar-refractivity contribution in [3.05, 3.63) is 0 Å². The molecule has 1 fully saturated rings. The third-order valence-electron chi connectivity index (χ3n) is 2.88. The van der Waals surface area contributed by atoms with Crippen LogP contribution in [0.25, 0.3) is 0 Å². The zero-order chi connectivity index (χ0) is 14.0. The number of carboxylic acid groups (broad SMARTS) is 1. The summed E-state index contributed by atoms with van der Waals surface area (Å²) in [5.74, 6) is -0.0697. The number of carbonyl (C=O) groups is 2. The lowest BCUT2D eigenvalue weighted by Crippen LogP contribution is -2.62. The Labute approximate surface area is 112 Å². The van der Waals surface area contributed by atoms with Gasteiger partial charge in [-0.1, -0.05) is 6.92 Å². The Morgan fingerprint density at radius 1 is 1.44 bits per heavy atom. The van der Waals surface area contributed by atoms with Crippen molar-refractivity contribution in [2.24, 2.45) is 0 Å². The van der Waals surface area contributed by atoms with Crippen LogP contribution in [0.1, 0.15) is 40.5 Å². The van der Waals surface area contributed by atoms with E-state index in [1.807, 2.05) is 6.92 Å². The Morgan fingerprint density at radius 3 is 2.50 bits per heavy atom. The van der Waals surface area contributed by atoms with Crippen molar-refractivity contribution < 1.29 is 19.4 Å². The van der Waals surface area contributed by atoms with Crippen LogP contribution in [0.5, 0.6) is 0 Å². The minimum Gasteiger partial charge on any atom is -0.479 e. The van der Waals surface area contributed by atoms with E-state index in [4.69, 9.17) is 4.74 Å². The maximum Gasteiger partial charge on any atom is 0.408 e. The quantitative estimate of drug-likeness (QED) is 0.808. The summed E-state index contributed by atoms with van der Waals surface area (Å²) >= 11 is 1.56. The highest BCUT2D eigenvalue weighted by molar-refractivity contribution is 8.00. The third-order valence-corrected chi connectivity index (χ3v) is 4.31. The molecule has 0 saturated carbocycles. The molecular weight excluding hydrogens is 254 g/mol. The molecule has 1 heterocycles. The molecule has 1 rings (SSSR count). The van der Waals surface area contributed by atoms with Crippen molar-refractivity contribution in [3.8, 4) is 0 Å². The first-order valence-corrected chi connectivity index (χ1v) is 7.08. The summed E-state index contributed by atoms with van der Waals surface area (Å²) in [7, 11) is 0. The van der Waals surface area contributed by atoms with E-state index in [0.29, 0.717) is 6.42 Å². The Hall–Kier alpha value is -0.910. The number of ether oxygens (including phenoxy) is 1. The molecule has 5 nitrogen and oxygen atoms in total. The van der Waals surface area contributed by atoms with Crippen molar-refractivity contribution in [3.63, 3.8) is 0 Å². The van der Waals surface area contributed by atoms with Gasteiger partial charge in [-0.05, 0) is 39.4 Å². The van der Waals surface area contributed by atoms with Gasteiger partial charge in [-0.3, -0.25) is 0 Å². The van der Waals surface area contributed by atoms with Crippen LogP contribution in [0.3, 0.4) is 0 Å². The number of hydrogen-bond acceptors (Lipinski definition) is 4. The highest BCUT2D eigenvalue weighted by Crippen LogP contribution is 2.34. The highest BCUT2D eigenvalue weighted by Gasteiger charge is 2.47. The summed E-state index contributed by atoms with van der Waals surface area (Å²) in [5.41, 5.74) is -1.85. The first-order valence-electron chi connectivity index (χ1n) is 6.03. The third kappa shape index (κ3) is 3.54. The van der Waals surface area contributed by atoms with Crippen molar-refractivity contribution in [2.45, 2.75) is 56.9 Å². The number of carbonyl (C=O) groups excluding carboxylic acids is 1. The Bertz CT molecular complexity index is 339. The fourth-order valence-corrected chi connectivity index (χ4v) is 3.17. The van der Waals surface area contributed by atoms with Gasteiger partial charge in [-0.2, -0.15) is 11.8 Å². The lowest BCUT2D eigenvalue weighted by atomic mass is 9.90.